The fourth-order valence-electron chi connectivity index (χ4n) is 3.63. The van der Waals surface area contributed by atoms with Gasteiger partial charge in [0, 0.05) is 25.6 Å². The molecular weight excluding hydrogens is 406 g/mol. The number of hydrogen-bond acceptors (Lipinski definition) is 6. The summed E-state index contributed by atoms with van der Waals surface area (Å²) in [5.41, 5.74) is 2.95. The third kappa shape index (κ3) is 4.25. The van der Waals surface area contributed by atoms with Crippen LogP contribution in [-0.4, -0.2) is 47.4 Å². The molecule has 2 amide bonds. The van der Waals surface area contributed by atoms with Gasteiger partial charge in [-0.25, -0.2) is 4.98 Å². The number of methoxy groups -OCH3 is 1. The lowest BCUT2D eigenvalue weighted by Crippen LogP contribution is -2.40. The van der Waals surface area contributed by atoms with Crippen LogP contribution in [-0.2, 0) is 11.3 Å². The molecular formula is C24H25N5O3. The fraction of sp³-hybridized carbons (Fsp3) is 0.250. The van der Waals surface area contributed by atoms with Crippen LogP contribution in [0.1, 0.15) is 34.5 Å². The number of anilines is 2. The molecule has 2 aromatic heterocycles. The number of rotatable bonds is 6. The van der Waals surface area contributed by atoms with E-state index in [-0.39, 0.29) is 24.4 Å². The summed E-state index contributed by atoms with van der Waals surface area (Å²) in [6, 6.07) is 12.9. The Morgan fingerprint density at radius 2 is 1.94 bits per heavy atom. The van der Waals surface area contributed by atoms with E-state index in [4.69, 9.17) is 4.74 Å². The van der Waals surface area contributed by atoms with Crippen molar-refractivity contribution in [3.63, 3.8) is 0 Å². The lowest BCUT2D eigenvalue weighted by Gasteiger charge is -2.30. The first kappa shape index (κ1) is 21.3. The normalized spacial score (nSPS) is 13.7. The maximum absolute atomic E-state index is 13.2. The maximum Gasteiger partial charge on any atom is 0.255 e. The van der Waals surface area contributed by atoms with E-state index in [1.165, 1.54) is 0 Å². The van der Waals surface area contributed by atoms with Crippen molar-refractivity contribution in [3.8, 4) is 5.75 Å². The van der Waals surface area contributed by atoms with E-state index in [2.05, 4.69) is 15.3 Å². The minimum Gasteiger partial charge on any atom is -0.497 e. The molecule has 8 heteroatoms. The molecule has 0 saturated heterocycles. The van der Waals surface area contributed by atoms with Gasteiger partial charge in [0.1, 0.15) is 5.75 Å². The van der Waals surface area contributed by atoms with Crippen molar-refractivity contribution in [2.45, 2.75) is 19.5 Å². The minimum atomic E-state index is -0.174. The second-order valence-electron chi connectivity index (χ2n) is 7.65. The summed E-state index contributed by atoms with van der Waals surface area (Å²) in [4.78, 5) is 37.7. The van der Waals surface area contributed by atoms with E-state index >= 15 is 0 Å². The highest BCUT2D eigenvalue weighted by molar-refractivity contribution is 6.04. The Hall–Kier alpha value is -3.94. The average molecular weight is 431 g/mol. The van der Waals surface area contributed by atoms with Gasteiger partial charge in [-0.15, -0.1) is 0 Å². The van der Waals surface area contributed by atoms with Crippen molar-refractivity contribution in [1.29, 1.82) is 0 Å². The van der Waals surface area contributed by atoms with Crippen molar-refractivity contribution in [2.24, 2.45) is 0 Å². The fourth-order valence-corrected chi connectivity index (χ4v) is 3.63. The quantitative estimate of drug-likeness (QED) is 0.645. The minimum absolute atomic E-state index is 0.0850. The van der Waals surface area contributed by atoms with Crippen LogP contribution in [0.5, 0.6) is 5.75 Å². The molecule has 0 bridgehead atoms. The van der Waals surface area contributed by atoms with Crippen molar-refractivity contribution in [3.05, 3.63) is 77.7 Å². The number of ether oxygens (including phenoxy) is 1. The lowest BCUT2D eigenvalue weighted by molar-refractivity contribution is -0.117. The molecule has 1 N–H and O–H groups in total. The standard InChI is InChI=1S/C24H25N5O3/c1-16(18-8-10-25-11-9-18)28(2)24(31)19-12-21-23(26-13-19)27-14-22(30)29(21)15-17-4-6-20(32-3)7-5-17/h4-13,16H,14-15H2,1-3H3,(H,26,27). The van der Waals surface area contributed by atoms with Crippen LogP contribution >= 0.6 is 0 Å². The van der Waals surface area contributed by atoms with E-state index in [1.807, 2.05) is 43.3 Å². The third-order valence-corrected chi connectivity index (χ3v) is 5.70. The monoisotopic (exact) mass is 431 g/mol. The first-order valence-corrected chi connectivity index (χ1v) is 10.3. The van der Waals surface area contributed by atoms with Gasteiger partial charge in [0.2, 0.25) is 5.91 Å². The predicted octanol–water partition coefficient (Wildman–Crippen LogP) is 3.28. The SMILES string of the molecule is COc1ccc(CN2C(=O)CNc3ncc(C(=O)N(C)C(C)c4ccncc4)cc32)cc1. The molecule has 8 nitrogen and oxygen atoms in total. The number of nitrogens with one attached hydrogen (secondary N) is 1. The number of benzene rings is 1. The summed E-state index contributed by atoms with van der Waals surface area (Å²) in [6.45, 7) is 2.49. The highest BCUT2D eigenvalue weighted by atomic mass is 16.5. The van der Waals surface area contributed by atoms with Gasteiger partial charge >= 0.3 is 0 Å². The number of aromatic nitrogens is 2. The van der Waals surface area contributed by atoms with Crippen molar-refractivity contribution < 1.29 is 14.3 Å². The van der Waals surface area contributed by atoms with E-state index in [1.54, 1.807) is 48.6 Å². The topological polar surface area (TPSA) is 87.7 Å². The van der Waals surface area contributed by atoms with Gasteiger partial charge < -0.3 is 19.9 Å². The zero-order valence-electron chi connectivity index (χ0n) is 18.3. The number of amides is 2. The Bertz CT molecular complexity index is 1120. The number of nitrogens with zero attached hydrogens (tertiary/aromatic N) is 4. The molecule has 3 aromatic rings. The van der Waals surface area contributed by atoms with Gasteiger partial charge in [0.15, 0.2) is 5.82 Å². The van der Waals surface area contributed by atoms with Gasteiger partial charge in [-0.05, 0) is 48.4 Å². The Kier molecular flexibility index (Phi) is 6.02. The second kappa shape index (κ2) is 9.05. The zero-order valence-corrected chi connectivity index (χ0v) is 18.3. The second-order valence-corrected chi connectivity index (χ2v) is 7.65. The molecule has 0 radical (unpaired) electrons. The molecule has 0 fully saturated rings. The molecule has 4 rings (SSSR count). The van der Waals surface area contributed by atoms with Crippen molar-refractivity contribution >= 4 is 23.3 Å². The molecule has 1 aliphatic rings. The molecule has 164 valence electrons. The first-order chi connectivity index (χ1) is 15.5. The summed E-state index contributed by atoms with van der Waals surface area (Å²) < 4.78 is 5.21. The van der Waals surface area contributed by atoms with Gasteiger partial charge in [-0.1, -0.05) is 12.1 Å². The molecule has 0 saturated carbocycles. The Morgan fingerprint density at radius 3 is 2.62 bits per heavy atom. The highest BCUT2D eigenvalue weighted by Gasteiger charge is 2.27. The zero-order chi connectivity index (χ0) is 22.7. The van der Waals surface area contributed by atoms with Crippen LogP contribution in [0.2, 0.25) is 0 Å². The van der Waals surface area contributed by atoms with E-state index in [0.717, 1.165) is 16.9 Å². The summed E-state index contributed by atoms with van der Waals surface area (Å²) >= 11 is 0. The lowest BCUT2D eigenvalue weighted by atomic mass is 10.1. The van der Waals surface area contributed by atoms with Crippen LogP contribution in [0.3, 0.4) is 0 Å². The summed E-state index contributed by atoms with van der Waals surface area (Å²) in [7, 11) is 3.37. The number of carbonyl (C=O) groups is 2. The Balaban J connectivity index is 1.60. The first-order valence-electron chi connectivity index (χ1n) is 10.3. The molecule has 0 spiro atoms. The van der Waals surface area contributed by atoms with Crippen molar-refractivity contribution in [2.75, 3.05) is 30.9 Å². The van der Waals surface area contributed by atoms with Crippen LogP contribution in [0.25, 0.3) is 0 Å². The maximum atomic E-state index is 13.2. The van der Waals surface area contributed by atoms with Gasteiger partial charge in [-0.2, -0.15) is 0 Å². The average Bonchev–Trinajstić information content (AvgIpc) is 2.85. The third-order valence-electron chi connectivity index (χ3n) is 5.70. The van der Waals surface area contributed by atoms with Crippen LogP contribution in [0, 0.1) is 0 Å². The molecule has 1 aromatic carbocycles. The van der Waals surface area contributed by atoms with Crippen LogP contribution < -0.4 is 15.0 Å². The van der Waals surface area contributed by atoms with E-state index < -0.39 is 0 Å². The van der Waals surface area contributed by atoms with Crippen molar-refractivity contribution in [1.82, 2.24) is 14.9 Å². The predicted molar refractivity (Wildman–Crippen MR) is 122 cm³/mol. The summed E-state index contributed by atoms with van der Waals surface area (Å²) in [6.07, 6.45) is 4.96. The van der Waals surface area contributed by atoms with Gasteiger partial charge in [0.05, 0.1) is 37.5 Å². The Labute approximate surface area is 186 Å². The van der Waals surface area contributed by atoms with E-state index in [9.17, 15) is 9.59 Å². The number of fused-ring (bicyclic) bond motifs is 1. The molecule has 32 heavy (non-hydrogen) atoms. The molecule has 1 unspecified atom stereocenters. The molecule has 3 heterocycles. The number of pyridine rings is 2. The Morgan fingerprint density at radius 1 is 1.22 bits per heavy atom. The largest absolute Gasteiger partial charge is 0.497 e. The smallest absolute Gasteiger partial charge is 0.255 e. The highest BCUT2D eigenvalue weighted by Crippen LogP contribution is 2.31. The number of hydrogen-bond donors (Lipinski definition) is 1. The van der Waals surface area contributed by atoms with Crippen LogP contribution in [0.15, 0.2) is 61.1 Å². The van der Waals surface area contributed by atoms with Gasteiger partial charge in [0.25, 0.3) is 5.91 Å². The van der Waals surface area contributed by atoms with E-state index in [0.29, 0.717) is 23.6 Å². The summed E-state index contributed by atoms with van der Waals surface area (Å²) in [5, 5.41) is 3.04. The van der Waals surface area contributed by atoms with Crippen LogP contribution in [0.4, 0.5) is 11.5 Å². The number of carbonyl (C=O) groups excluding carboxylic acids is 2. The molecule has 1 atom stereocenters. The molecule has 1 aliphatic heterocycles. The molecule has 0 aliphatic carbocycles. The van der Waals surface area contributed by atoms with Gasteiger partial charge in [-0.3, -0.25) is 14.6 Å². The summed E-state index contributed by atoms with van der Waals surface area (Å²) in [5.74, 6) is 1.08.